The van der Waals surface area contributed by atoms with Gasteiger partial charge in [-0.3, -0.25) is 4.79 Å². The number of benzene rings is 1. The second-order valence-electron chi connectivity index (χ2n) is 4.13. The first-order valence-corrected chi connectivity index (χ1v) is 6.55. The first-order chi connectivity index (χ1) is 8.08. The number of carbonyl (C=O) groups is 1. The van der Waals surface area contributed by atoms with Crippen LogP contribution in [0.3, 0.4) is 0 Å². The maximum absolute atomic E-state index is 12.2. The van der Waals surface area contributed by atoms with E-state index in [-0.39, 0.29) is 23.0 Å². The number of phenols is 2. The number of aromatic hydroxyl groups is 2. The maximum Gasteiger partial charge on any atom is 0.257 e. The van der Waals surface area contributed by atoms with Crippen molar-refractivity contribution in [3.63, 3.8) is 0 Å². The summed E-state index contributed by atoms with van der Waals surface area (Å²) in [5.74, 6) is 0.599. The standard InChI is InChI=1S/C12H15NO3S/c1-8-7-13(4-5-17-8)12(16)10-6-9(14)2-3-11(10)15/h2-3,6,8,14-15H,4-5,7H2,1H3. The van der Waals surface area contributed by atoms with Gasteiger partial charge in [0, 0.05) is 24.1 Å². The number of nitrogens with zero attached hydrogens (tertiary/aromatic N) is 1. The Kier molecular flexibility index (Phi) is 3.47. The van der Waals surface area contributed by atoms with Crippen molar-refractivity contribution in [2.24, 2.45) is 0 Å². The lowest BCUT2D eigenvalue weighted by Crippen LogP contribution is -2.41. The van der Waals surface area contributed by atoms with Gasteiger partial charge in [-0.25, -0.2) is 0 Å². The van der Waals surface area contributed by atoms with Gasteiger partial charge in [-0.2, -0.15) is 11.8 Å². The molecule has 1 aromatic rings. The lowest BCUT2D eigenvalue weighted by atomic mass is 10.1. The minimum absolute atomic E-state index is 0.00872. The Hall–Kier alpha value is -1.36. The highest BCUT2D eigenvalue weighted by molar-refractivity contribution is 7.99. The van der Waals surface area contributed by atoms with Crippen LogP contribution in [0.2, 0.25) is 0 Å². The summed E-state index contributed by atoms with van der Waals surface area (Å²) in [5, 5.41) is 19.4. The van der Waals surface area contributed by atoms with E-state index >= 15 is 0 Å². The van der Waals surface area contributed by atoms with Crippen LogP contribution in [0.4, 0.5) is 0 Å². The molecule has 0 aromatic heterocycles. The summed E-state index contributed by atoms with van der Waals surface area (Å²) in [6.07, 6.45) is 0. The number of phenolic OH excluding ortho intramolecular Hbond substituents is 2. The highest BCUT2D eigenvalue weighted by Crippen LogP contribution is 2.26. The number of thioether (sulfide) groups is 1. The Morgan fingerprint density at radius 1 is 1.47 bits per heavy atom. The van der Waals surface area contributed by atoms with E-state index in [4.69, 9.17) is 0 Å². The normalized spacial score (nSPS) is 20.3. The first kappa shape index (κ1) is 12.1. The quantitative estimate of drug-likeness (QED) is 0.747. The molecule has 2 N–H and O–H groups in total. The molecule has 4 nitrogen and oxygen atoms in total. The van der Waals surface area contributed by atoms with E-state index < -0.39 is 0 Å². The zero-order valence-electron chi connectivity index (χ0n) is 9.59. The molecule has 1 fully saturated rings. The van der Waals surface area contributed by atoms with Crippen LogP contribution in [0.25, 0.3) is 0 Å². The molecule has 1 aliphatic heterocycles. The second-order valence-corrected chi connectivity index (χ2v) is 5.68. The molecule has 0 aliphatic carbocycles. The highest BCUT2D eigenvalue weighted by atomic mass is 32.2. The zero-order chi connectivity index (χ0) is 12.4. The monoisotopic (exact) mass is 253 g/mol. The maximum atomic E-state index is 12.2. The van der Waals surface area contributed by atoms with Gasteiger partial charge < -0.3 is 15.1 Å². The van der Waals surface area contributed by atoms with Gasteiger partial charge in [-0.1, -0.05) is 6.92 Å². The Labute approximate surface area is 104 Å². The van der Waals surface area contributed by atoms with Gasteiger partial charge in [0.05, 0.1) is 5.56 Å². The Morgan fingerprint density at radius 3 is 2.94 bits per heavy atom. The van der Waals surface area contributed by atoms with Crippen LogP contribution >= 0.6 is 11.8 Å². The third kappa shape index (κ3) is 2.66. The van der Waals surface area contributed by atoms with E-state index in [0.717, 1.165) is 5.75 Å². The summed E-state index contributed by atoms with van der Waals surface area (Å²) < 4.78 is 0. The van der Waals surface area contributed by atoms with Crippen LogP contribution in [0.1, 0.15) is 17.3 Å². The van der Waals surface area contributed by atoms with Crippen molar-refractivity contribution in [1.29, 1.82) is 0 Å². The number of hydrogen-bond acceptors (Lipinski definition) is 4. The predicted octanol–water partition coefficient (Wildman–Crippen LogP) is 1.68. The molecule has 1 amide bonds. The molecular weight excluding hydrogens is 238 g/mol. The molecule has 92 valence electrons. The van der Waals surface area contributed by atoms with Gasteiger partial charge in [-0.15, -0.1) is 0 Å². The van der Waals surface area contributed by atoms with Gasteiger partial charge in [-0.05, 0) is 18.2 Å². The van der Waals surface area contributed by atoms with Crippen molar-refractivity contribution in [2.45, 2.75) is 12.2 Å². The summed E-state index contributed by atoms with van der Waals surface area (Å²) in [4.78, 5) is 13.9. The van der Waals surface area contributed by atoms with E-state index in [0.29, 0.717) is 18.3 Å². The van der Waals surface area contributed by atoms with Crippen LogP contribution in [-0.2, 0) is 0 Å². The van der Waals surface area contributed by atoms with E-state index in [2.05, 4.69) is 6.92 Å². The molecule has 5 heteroatoms. The molecule has 1 aliphatic rings. The zero-order valence-corrected chi connectivity index (χ0v) is 10.4. The van der Waals surface area contributed by atoms with Crippen molar-refractivity contribution in [2.75, 3.05) is 18.8 Å². The molecule has 0 bridgehead atoms. The van der Waals surface area contributed by atoms with E-state index in [1.54, 1.807) is 4.90 Å². The summed E-state index contributed by atoms with van der Waals surface area (Å²) in [5.41, 5.74) is 0.170. The van der Waals surface area contributed by atoms with Crippen LogP contribution in [0, 0.1) is 0 Å². The lowest BCUT2D eigenvalue weighted by Gasteiger charge is -2.30. The van der Waals surface area contributed by atoms with Crippen LogP contribution in [0.5, 0.6) is 11.5 Å². The molecule has 1 aromatic carbocycles. The Morgan fingerprint density at radius 2 is 2.24 bits per heavy atom. The molecule has 1 atom stereocenters. The second kappa shape index (κ2) is 4.87. The fourth-order valence-corrected chi connectivity index (χ4v) is 2.88. The third-order valence-electron chi connectivity index (χ3n) is 2.74. The Bertz CT molecular complexity index is 436. The van der Waals surface area contributed by atoms with Gasteiger partial charge in [0.1, 0.15) is 11.5 Å². The number of hydrogen-bond donors (Lipinski definition) is 2. The summed E-state index contributed by atoms with van der Waals surface area (Å²) in [7, 11) is 0. The minimum Gasteiger partial charge on any atom is -0.508 e. The smallest absolute Gasteiger partial charge is 0.257 e. The lowest BCUT2D eigenvalue weighted by molar-refractivity contribution is 0.0759. The number of rotatable bonds is 1. The van der Waals surface area contributed by atoms with E-state index in [1.807, 2.05) is 11.8 Å². The van der Waals surface area contributed by atoms with Gasteiger partial charge in [0.2, 0.25) is 0 Å². The van der Waals surface area contributed by atoms with Crippen LogP contribution < -0.4 is 0 Å². The predicted molar refractivity (Wildman–Crippen MR) is 67.6 cm³/mol. The summed E-state index contributed by atoms with van der Waals surface area (Å²) in [6, 6.07) is 4.01. The van der Waals surface area contributed by atoms with Crippen molar-refractivity contribution in [3.05, 3.63) is 23.8 Å². The summed E-state index contributed by atoms with van der Waals surface area (Å²) >= 11 is 1.84. The molecule has 17 heavy (non-hydrogen) atoms. The SMILES string of the molecule is CC1CN(C(=O)c2cc(O)ccc2O)CCS1. The molecule has 0 spiro atoms. The fraction of sp³-hybridized carbons (Fsp3) is 0.417. The average Bonchev–Trinajstić information content (AvgIpc) is 2.31. The largest absolute Gasteiger partial charge is 0.508 e. The molecule has 1 unspecified atom stereocenters. The first-order valence-electron chi connectivity index (χ1n) is 5.51. The number of carbonyl (C=O) groups excluding carboxylic acids is 1. The van der Waals surface area contributed by atoms with Crippen molar-refractivity contribution < 1.29 is 15.0 Å². The minimum atomic E-state index is -0.217. The van der Waals surface area contributed by atoms with E-state index in [1.165, 1.54) is 18.2 Å². The fourth-order valence-electron chi connectivity index (χ4n) is 1.87. The van der Waals surface area contributed by atoms with Crippen molar-refractivity contribution >= 4 is 17.7 Å². The molecule has 1 saturated heterocycles. The van der Waals surface area contributed by atoms with Gasteiger partial charge in [0.15, 0.2) is 0 Å². The van der Waals surface area contributed by atoms with Crippen LogP contribution in [0.15, 0.2) is 18.2 Å². The molecule has 0 radical (unpaired) electrons. The van der Waals surface area contributed by atoms with E-state index in [9.17, 15) is 15.0 Å². The Balaban J connectivity index is 2.21. The average molecular weight is 253 g/mol. The third-order valence-corrected chi connectivity index (χ3v) is 3.88. The molecule has 0 saturated carbocycles. The van der Waals surface area contributed by atoms with Crippen molar-refractivity contribution in [3.8, 4) is 11.5 Å². The van der Waals surface area contributed by atoms with Crippen molar-refractivity contribution in [1.82, 2.24) is 4.90 Å². The van der Waals surface area contributed by atoms with Gasteiger partial charge >= 0.3 is 0 Å². The molecule has 1 heterocycles. The molecule has 2 rings (SSSR count). The number of amides is 1. The highest BCUT2D eigenvalue weighted by Gasteiger charge is 2.24. The topological polar surface area (TPSA) is 60.8 Å². The van der Waals surface area contributed by atoms with Crippen LogP contribution in [-0.4, -0.2) is 45.1 Å². The summed E-state index contributed by atoms with van der Waals surface area (Å²) in [6.45, 7) is 3.44. The molecular formula is C12H15NO3S. The van der Waals surface area contributed by atoms with Gasteiger partial charge in [0.25, 0.3) is 5.91 Å².